The van der Waals surface area contributed by atoms with E-state index < -0.39 is 6.03 Å². The number of guanidine groups is 1. The summed E-state index contributed by atoms with van der Waals surface area (Å²) in [5.74, 6) is 0.547. The molecule has 0 spiro atoms. The molecule has 1 aliphatic heterocycles. The first-order chi connectivity index (χ1) is 9.16. The summed E-state index contributed by atoms with van der Waals surface area (Å²) in [4.78, 5) is 15.8. The van der Waals surface area contributed by atoms with Crippen LogP contribution in [0.4, 0.5) is 10.5 Å². The summed E-state index contributed by atoms with van der Waals surface area (Å²) in [7, 11) is 0. The van der Waals surface area contributed by atoms with Crippen molar-refractivity contribution in [2.24, 2.45) is 10.7 Å². The fourth-order valence-electron chi connectivity index (χ4n) is 1.71. The fourth-order valence-corrected chi connectivity index (χ4v) is 1.83. The van der Waals surface area contributed by atoms with Crippen molar-refractivity contribution in [3.8, 4) is 0 Å². The summed E-state index contributed by atoms with van der Waals surface area (Å²) in [6.45, 7) is 1.54. The van der Waals surface area contributed by atoms with Gasteiger partial charge < -0.3 is 11.1 Å². The number of amides is 2. The number of rotatable bonds is 1. The maximum absolute atomic E-state index is 11.5. The van der Waals surface area contributed by atoms with Crippen LogP contribution in [-0.2, 0) is 0 Å². The number of nitrogens with zero attached hydrogens (tertiary/aromatic N) is 2. The number of anilines is 1. The predicted octanol–water partition coefficient (Wildman–Crippen LogP) is 2.09. The molecule has 0 fully saturated rings. The summed E-state index contributed by atoms with van der Waals surface area (Å²) in [6, 6.07) is 6.18. The minimum absolute atomic E-state index is 0. The highest BCUT2D eigenvalue weighted by atomic mass is 127. The van der Waals surface area contributed by atoms with Gasteiger partial charge in [-0.1, -0.05) is 11.6 Å². The molecule has 0 aromatic heterocycles. The summed E-state index contributed by atoms with van der Waals surface area (Å²) in [5.41, 5.74) is 8.86. The van der Waals surface area contributed by atoms with E-state index in [1.54, 1.807) is 24.3 Å². The third kappa shape index (κ3) is 4.71. The molecule has 2 rings (SSSR count). The van der Waals surface area contributed by atoms with Crippen molar-refractivity contribution in [1.82, 2.24) is 10.7 Å². The standard InChI is InChI=1S/C12H16ClN5O.HI/c13-9-3-5-10(6-4-9)18(11(14)19)17-12-15-7-1-2-8-16-12;/h3-6H,1-2,7-8H2,(H2,14,19)(H2,15,16,17);1H. The number of carbonyl (C=O) groups excluding carboxylic acids is 1. The molecule has 4 N–H and O–H groups in total. The van der Waals surface area contributed by atoms with Crippen molar-refractivity contribution >= 4 is 53.3 Å². The Morgan fingerprint density at radius 3 is 2.70 bits per heavy atom. The van der Waals surface area contributed by atoms with E-state index in [0.717, 1.165) is 25.9 Å². The lowest BCUT2D eigenvalue weighted by Gasteiger charge is -2.23. The molecule has 6 nitrogen and oxygen atoms in total. The van der Waals surface area contributed by atoms with Crippen molar-refractivity contribution in [2.75, 3.05) is 18.1 Å². The van der Waals surface area contributed by atoms with Gasteiger partial charge in [-0.2, -0.15) is 0 Å². The number of hydrogen-bond donors (Lipinski definition) is 3. The molecule has 110 valence electrons. The number of hydrogen-bond acceptors (Lipinski definition) is 4. The highest BCUT2D eigenvalue weighted by molar-refractivity contribution is 14.0. The maximum atomic E-state index is 11.5. The van der Waals surface area contributed by atoms with Crippen LogP contribution in [0.1, 0.15) is 12.8 Å². The average molecular weight is 410 g/mol. The Bertz CT molecular complexity index is 479. The Kier molecular flexibility index (Phi) is 6.86. The van der Waals surface area contributed by atoms with Gasteiger partial charge in [-0.25, -0.2) is 9.80 Å². The molecule has 8 heteroatoms. The Morgan fingerprint density at radius 1 is 1.35 bits per heavy atom. The first-order valence-electron chi connectivity index (χ1n) is 6.07. The first kappa shape index (κ1) is 16.8. The second-order valence-corrected chi connectivity index (χ2v) is 4.56. The molecular weight excluding hydrogens is 393 g/mol. The molecule has 20 heavy (non-hydrogen) atoms. The zero-order valence-corrected chi connectivity index (χ0v) is 13.9. The minimum atomic E-state index is -0.615. The van der Waals surface area contributed by atoms with Crippen LogP contribution in [0.5, 0.6) is 0 Å². The lowest BCUT2D eigenvalue weighted by molar-refractivity contribution is 0.253. The van der Waals surface area contributed by atoms with E-state index in [0.29, 0.717) is 16.7 Å². The van der Waals surface area contributed by atoms with Gasteiger partial charge in [-0.15, -0.1) is 24.0 Å². The number of hydrazine groups is 1. The molecule has 0 unspecified atom stereocenters. The zero-order valence-electron chi connectivity index (χ0n) is 10.8. The second-order valence-electron chi connectivity index (χ2n) is 4.13. The lowest BCUT2D eigenvalue weighted by Crippen LogP contribution is -2.53. The van der Waals surface area contributed by atoms with Crippen molar-refractivity contribution in [3.63, 3.8) is 0 Å². The van der Waals surface area contributed by atoms with Crippen LogP contribution in [-0.4, -0.2) is 25.1 Å². The van der Waals surface area contributed by atoms with E-state index in [1.807, 2.05) is 0 Å². The molecule has 0 radical (unpaired) electrons. The van der Waals surface area contributed by atoms with Gasteiger partial charge in [0, 0.05) is 18.1 Å². The number of primary amides is 1. The van der Waals surface area contributed by atoms with Gasteiger partial charge in [0.2, 0.25) is 5.96 Å². The molecule has 0 saturated heterocycles. The van der Waals surface area contributed by atoms with E-state index in [9.17, 15) is 4.79 Å². The highest BCUT2D eigenvalue weighted by Crippen LogP contribution is 2.16. The number of nitrogens with one attached hydrogen (secondary N) is 2. The van der Waals surface area contributed by atoms with Crippen LogP contribution in [0.25, 0.3) is 0 Å². The molecule has 2 amide bonds. The van der Waals surface area contributed by atoms with E-state index in [4.69, 9.17) is 17.3 Å². The van der Waals surface area contributed by atoms with Gasteiger partial charge in [0.15, 0.2) is 0 Å². The van der Waals surface area contributed by atoms with Crippen molar-refractivity contribution in [3.05, 3.63) is 29.3 Å². The number of aliphatic imine (C=N–C) groups is 1. The summed E-state index contributed by atoms with van der Waals surface area (Å²) >= 11 is 5.82. The van der Waals surface area contributed by atoms with Crippen molar-refractivity contribution in [1.29, 1.82) is 0 Å². The second kappa shape index (κ2) is 8.15. The quantitative estimate of drug-likeness (QED) is 0.491. The van der Waals surface area contributed by atoms with E-state index in [2.05, 4.69) is 15.7 Å². The van der Waals surface area contributed by atoms with Gasteiger partial charge in [0.05, 0.1) is 5.69 Å². The van der Waals surface area contributed by atoms with Gasteiger partial charge in [-0.3, -0.25) is 10.4 Å². The number of nitrogens with two attached hydrogens (primary N) is 1. The SMILES string of the molecule is I.NC(=O)N(NC1=NCCCCN1)c1ccc(Cl)cc1. The van der Waals surface area contributed by atoms with Crippen molar-refractivity contribution < 1.29 is 4.79 Å². The van der Waals surface area contributed by atoms with E-state index in [1.165, 1.54) is 5.01 Å². The number of halogens is 2. The number of benzene rings is 1. The highest BCUT2D eigenvalue weighted by Gasteiger charge is 2.15. The van der Waals surface area contributed by atoms with Crippen LogP contribution in [0.15, 0.2) is 29.3 Å². The van der Waals surface area contributed by atoms with E-state index >= 15 is 0 Å². The maximum Gasteiger partial charge on any atom is 0.338 e. The Morgan fingerprint density at radius 2 is 2.05 bits per heavy atom. The summed E-state index contributed by atoms with van der Waals surface area (Å²) < 4.78 is 0. The number of urea groups is 1. The van der Waals surface area contributed by atoms with Crippen LogP contribution in [0.2, 0.25) is 5.02 Å². The van der Waals surface area contributed by atoms with Crippen LogP contribution >= 0.6 is 35.6 Å². The molecule has 0 aliphatic carbocycles. The van der Waals surface area contributed by atoms with E-state index in [-0.39, 0.29) is 24.0 Å². The Hall–Kier alpha value is -1.22. The molecule has 0 bridgehead atoms. The van der Waals surface area contributed by atoms with Crippen LogP contribution in [0.3, 0.4) is 0 Å². The lowest BCUT2D eigenvalue weighted by atomic mass is 10.3. The third-order valence-electron chi connectivity index (χ3n) is 2.67. The van der Waals surface area contributed by atoms with Crippen LogP contribution < -0.4 is 21.5 Å². The normalized spacial score (nSPS) is 14.2. The topological polar surface area (TPSA) is 82.8 Å². The Balaban J connectivity index is 0.00000200. The smallest absolute Gasteiger partial charge is 0.338 e. The Labute approximate surface area is 139 Å². The molecule has 1 aliphatic rings. The molecule has 0 saturated carbocycles. The molecule has 1 heterocycles. The summed E-state index contributed by atoms with van der Waals surface area (Å²) in [5, 5.41) is 4.94. The largest absolute Gasteiger partial charge is 0.355 e. The third-order valence-corrected chi connectivity index (χ3v) is 2.92. The minimum Gasteiger partial charge on any atom is -0.355 e. The molecular formula is C12H17ClIN5O. The van der Waals surface area contributed by atoms with Gasteiger partial charge in [-0.05, 0) is 37.1 Å². The zero-order chi connectivity index (χ0) is 13.7. The monoisotopic (exact) mass is 409 g/mol. The molecule has 0 atom stereocenters. The summed E-state index contributed by atoms with van der Waals surface area (Å²) in [6.07, 6.45) is 2.07. The van der Waals surface area contributed by atoms with Crippen molar-refractivity contribution in [2.45, 2.75) is 12.8 Å². The van der Waals surface area contributed by atoms with Gasteiger partial charge in [0.25, 0.3) is 0 Å². The average Bonchev–Trinajstić information content (AvgIpc) is 2.65. The van der Waals surface area contributed by atoms with Gasteiger partial charge in [0.1, 0.15) is 0 Å². The number of carbonyl (C=O) groups is 1. The molecule has 1 aromatic rings. The first-order valence-corrected chi connectivity index (χ1v) is 6.45. The predicted molar refractivity (Wildman–Crippen MR) is 91.6 cm³/mol. The van der Waals surface area contributed by atoms with Gasteiger partial charge >= 0.3 is 6.03 Å². The molecule has 1 aromatic carbocycles. The fraction of sp³-hybridized carbons (Fsp3) is 0.333. The van der Waals surface area contributed by atoms with Crippen LogP contribution in [0, 0.1) is 0 Å².